The highest BCUT2D eigenvalue weighted by atomic mass is 32.1. The van der Waals surface area contributed by atoms with E-state index in [1.54, 1.807) is 24.0 Å². The van der Waals surface area contributed by atoms with Gasteiger partial charge in [0.25, 0.3) is 11.1 Å². The van der Waals surface area contributed by atoms with Gasteiger partial charge in [0.15, 0.2) is 11.6 Å². The molecule has 1 fully saturated rings. The van der Waals surface area contributed by atoms with Crippen molar-refractivity contribution in [3.05, 3.63) is 52.5 Å². The average Bonchev–Trinajstić information content (AvgIpc) is 3.14. The van der Waals surface area contributed by atoms with Gasteiger partial charge in [0, 0.05) is 29.7 Å². The SMILES string of the molecule is Cc1csc(Oc2ccc(NC(=O)c3c(C4CCC4)cnn3C)cc2F)n1. The van der Waals surface area contributed by atoms with Crippen LogP contribution in [-0.2, 0) is 7.05 Å². The molecule has 0 aliphatic heterocycles. The van der Waals surface area contributed by atoms with Gasteiger partial charge >= 0.3 is 0 Å². The lowest BCUT2D eigenvalue weighted by molar-refractivity contribution is 0.101. The fraction of sp³-hybridized carbons (Fsp3) is 0.316. The third-order valence-corrected chi connectivity index (χ3v) is 5.55. The number of hydrogen-bond acceptors (Lipinski definition) is 5. The molecule has 1 saturated carbocycles. The Kier molecular flexibility index (Phi) is 4.65. The molecular formula is C19H19FN4O2S. The second kappa shape index (κ2) is 7.11. The van der Waals surface area contributed by atoms with Gasteiger partial charge in [-0.25, -0.2) is 9.37 Å². The highest BCUT2D eigenvalue weighted by Gasteiger charge is 2.27. The molecule has 1 aliphatic rings. The number of hydrogen-bond donors (Lipinski definition) is 1. The summed E-state index contributed by atoms with van der Waals surface area (Å²) in [6.07, 6.45) is 5.07. The second-order valence-electron chi connectivity index (χ2n) is 6.66. The van der Waals surface area contributed by atoms with Crippen LogP contribution < -0.4 is 10.1 Å². The van der Waals surface area contributed by atoms with E-state index in [1.165, 1.54) is 29.9 Å². The molecule has 140 valence electrons. The molecule has 0 saturated heterocycles. The lowest BCUT2D eigenvalue weighted by atomic mass is 9.80. The van der Waals surface area contributed by atoms with Crippen LogP contribution in [0.2, 0.25) is 0 Å². The Morgan fingerprint density at radius 3 is 2.85 bits per heavy atom. The monoisotopic (exact) mass is 386 g/mol. The molecule has 0 atom stereocenters. The number of carbonyl (C=O) groups excluding carboxylic acids is 1. The Morgan fingerprint density at radius 2 is 2.22 bits per heavy atom. The minimum Gasteiger partial charge on any atom is -0.428 e. The van der Waals surface area contributed by atoms with Gasteiger partial charge in [-0.1, -0.05) is 17.8 Å². The zero-order valence-electron chi connectivity index (χ0n) is 15.0. The number of ether oxygens (including phenoxy) is 1. The second-order valence-corrected chi connectivity index (χ2v) is 7.48. The van der Waals surface area contributed by atoms with E-state index < -0.39 is 5.82 Å². The van der Waals surface area contributed by atoms with Gasteiger partial charge in [-0.05, 0) is 37.8 Å². The Morgan fingerprint density at radius 1 is 1.41 bits per heavy atom. The zero-order valence-corrected chi connectivity index (χ0v) is 15.8. The number of rotatable bonds is 5. The van der Waals surface area contributed by atoms with Crippen molar-refractivity contribution in [3.63, 3.8) is 0 Å². The first kappa shape index (κ1) is 17.7. The van der Waals surface area contributed by atoms with Crippen LogP contribution in [-0.4, -0.2) is 20.7 Å². The van der Waals surface area contributed by atoms with E-state index in [1.807, 2.05) is 12.3 Å². The molecule has 1 aliphatic carbocycles. The van der Waals surface area contributed by atoms with E-state index in [2.05, 4.69) is 15.4 Å². The van der Waals surface area contributed by atoms with Crippen molar-refractivity contribution >= 4 is 22.9 Å². The lowest BCUT2D eigenvalue weighted by Gasteiger charge is -2.25. The van der Waals surface area contributed by atoms with Crippen LogP contribution in [0.5, 0.6) is 10.9 Å². The molecule has 0 unspecified atom stereocenters. The molecule has 3 aromatic rings. The van der Waals surface area contributed by atoms with Gasteiger partial charge < -0.3 is 10.1 Å². The molecular weight excluding hydrogens is 367 g/mol. The number of benzene rings is 1. The maximum absolute atomic E-state index is 14.4. The number of halogens is 1. The molecule has 8 heteroatoms. The number of aromatic nitrogens is 3. The van der Waals surface area contributed by atoms with Gasteiger partial charge in [-0.15, -0.1) is 0 Å². The maximum atomic E-state index is 14.4. The molecule has 0 bridgehead atoms. The minimum atomic E-state index is -0.565. The van der Waals surface area contributed by atoms with Crippen molar-refractivity contribution < 1.29 is 13.9 Å². The van der Waals surface area contributed by atoms with Gasteiger partial charge in [0.2, 0.25) is 0 Å². The summed E-state index contributed by atoms with van der Waals surface area (Å²) in [6, 6.07) is 4.33. The largest absolute Gasteiger partial charge is 0.428 e. The Bertz CT molecular complexity index is 994. The number of anilines is 1. The highest BCUT2D eigenvalue weighted by molar-refractivity contribution is 7.11. The van der Waals surface area contributed by atoms with Crippen LogP contribution >= 0.6 is 11.3 Å². The van der Waals surface area contributed by atoms with Gasteiger partial charge in [0.05, 0.1) is 11.9 Å². The molecule has 27 heavy (non-hydrogen) atoms. The van der Waals surface area contributed by atoms with Crippen LogP contribution in [0.4, 0.5) is 10.1 Å². The Labute approximate surface area is 160 Å². The molecule has 1 N–H and O–H groups in total. The summed E-state index contributed by atoms with van der Waals surface area (Å²) < 4.78 is 21.4. The van der Waals surface area contributed by atoms with Crippen molar-refractivity contribution in [3.8, 4) is 10.9 Å². The van der Waals surface area contributed by atoms with Crippen molar-refractivity contribution in [1.29, 1.82) is 0 Å². The maximum Gasteiger partial charge on any atom is 0.278 e. The van der Waals surface area contributed by atoms with Crippen molar-refractivity contribution in [2.24, 2.45) is 7.05 Å². The number of amides is 1. The summed E-state index contributed by atoms with van der Waals surface area (Å²) in [5.41, 5.74) is 2.66. The van der Waals surface area contributed by atoms with Crippen LogP contribution in [0, 0.1) is 12.7 Å². The van der Waals surface area contributed by atoms with E-state index in [9.17, 15) is 9.18 Å². The molecule has 0 spiro atoms. The zero-order chi connectivity index (χ0) is 19.0. The summed E-state index contributed by atoms with van der Waals surface area (Å²) in [4.78, 5) is 16.9. The molecule has 2 aromatic heterocycles. The van der Waals surface area contributed by atoms with Gasteiger partial charge in [-0.2, -0.15) is 5.10 Å². The lowest BCUT2D eigenvalue weighted by Crippen LogP contribution is -2.20. The molecule has 0 radical (unpaired) electrons. The van der Waals surface area contributed by atoms with E-state index in [-0.39, 0.29) is 11.7 Å². The van der Waals surface area contributed by atoms with Crippen LogP contribution in [0.3, 0.4) is 0 Å². The van der Waals surface area contributed by atoms with Crippen molar-refractivity contribution in [2.75, 3.05) is 5.32 Å². The first-order chi connectivity index (χ1) is 13.0. The normalized spacial score (nSPS) is 14.0. The number of thiazole rings is 1. The highest BCUT2D eigenvalue weighted by Crippen LogP contribution is 2.38. The third-order valence-electron chi connectivity index (χ3n) is 4.71. The quantitative estimate of drug-likeness (QED) is 0.694. The van der Waals surface area contributed by atoms with Gasteiger partial charge in [-0.3, -0.25) is 9.48 Å². The average molecular weight is 386 g/mol. The first-order valence-electron chi connectivity index (χ1n) is 8.74. The first-order valence-corrected chi connectivity index (χ1v) is 9.62. The van der Waals surface area contributed by atoms with Crippen molar-refractivity contribution in [2.45, 2.75) is 32.1 Å². The van der Waals surface area contributed by atoms with E-state index in [0.717, 1.165) is 24.1 Å². The number of nitrogens with zero attached hydrogens (tertiary/aromatic N) is 3. The molecule has 2 heterocycles. The smallest absolute Gasteiger partial charge is 0.278 e. The summed E-state index contributed by atoms with van der Waals surface area (Å²) in [6.45, 7) is 1.84. The Hall–Kier alpha value is -2.74. The summed E-state index contributed by atoms with van der Waals surface area (Å²) in [5, 5.41) is 9.18. The molecule has 1 aromatic carbocycles. The molecule has 4 rings (SSSR count). The fourth-order valence-electron chi connectivity index (χ4n) is 3.08. The van der Waals surface area contributed by atoms with E-state index in [4.69, 9.17) is 4.74 Å². The molecule has 1 amide bonds. The number of nitrogens with one attached hydrogen (secondary N) is 1. The summed E-state index contributed by atoms with van der Waals surface area (Å²) in [7, 11) is 1.74. The van der Waals surface area contributed by atoms with Gasteiger partial charge in [0.1, 0.15) is 5.69 Å². The number of carbonyl (C=O) groups is 1. The predicted molar refractivity (Wildman–Crippen MR) is 101 cm³/mol. The number of aryl methyl sites for hydroxylation is 2. The standard InChI is InChI=1S/C19H19FN4O2S/c1-11-10-27-19(22-11)26-16-7-6-13(8-15(16)20)23-18(25)17-14(9-21-24(17)2)12-4-3-5-12/h6-10,12H,3-5H2,1-2H3,(H,23,25). The van der Waals surface area contributed by atoms with Crippen LogP contribution in [0.1, 0.15) is 46.9 Å². The topological polar surface area (TPSA) is 69.0 Å². The summed E-state index contributed by atoms with van der Waals surface area (Å²) >= 11 is 1.30. The van der Waals surface area contributed by atoms with Crippen molar-refractivity contribution in [1.82, 2.24) is 14.8 Å². The predicted octanol–water partition coefficient (Wildman–Crippen LogP) is 4.64. The minimum absolute atomic E-state index is 0.0676. The van der Waals surface area contributed by atoms with Crippen LogP contribution in [0.25, 0.3) is 0 Å². The third kappa shape index (κ3) is 3.57. The van der Waals surface area contributed by atoms with Crippen LogP contribution in [0.15, 0.2) is 29.8 Å². The van der Waals surface area contributed by atoms with E-state index >= 15 is 0 Å². The van der Waals surface area contributed by atoms with E-state index in [0.29, 0.717) is 22.5 Å². The summed E-state index contributed by atoms with van der Waals surface area (Å²) in [5.74, 6) is -0.405. The molecule has 6 nitrogen and oxygen atoms in total. The fourth-order valence-corrected chi connectivity index (χ4v) is 3.73. The Balaban J connectivity index is 1.50.